The van der Waals surface area contributed by atoms with Gasteiger partial charge in [-0.1, -0.05) is 25.1 Å². The molecule has 0 aliphatic carbocycles. The summed E-state index contributed by atoms with van der Waals surface area (Å²) in [5, 5.41) is 4.00. The molecule has 0 aliphatic heterocycles. The molecule has 0 aliphatic rings. The number of pyridine rings is 1. The summed E-state index contributed by atoms with van der Waals surface area (Å²) in [7, 11) is 0. The fourth-order valence-corrected chi connectivity index (χ4v) is 2.29. The number of nitrogens with two attached hydrogens (primary N) is 1. The first-order valence-electron chi connectivity index (χ1n) is 7.05. The number of aromatic nitrogens is 3. The number of hydrogen-bond donors (Lipinski definition) is 1. The lowest BCUT2D eigenvalue weighted by atomic mass is 9.94. The summed E-state index contributed by atoms with van der Waals surface area (Å²) in [5.41, 5.74) is 7.49. The second kappa shape index (κ2) is 6.61. The lowest BCUT2D eigenvalue weighted by molar-refractivity contribution is 0.332. The zero-order valence-electron chi connectivity index (χ0n) is 12.3. The average Bonchev–Trinajstić information content (AvgIpc) is 2.86. The van der Waals surface area contributed by atoms with Crippen molar-refractivity contribution < 1.29 is 4.52 Å². The minimum absolute atomic E-state index is 0.383. The summed E-state index contributed by atoms with van der Waals surface area (Å²) in [4.78, 5) is 8.82. The summed E-state index contributed by atoms with van der Waals surface area (Å²) in [6, 6.07) is 5.77. The lowest BCUT2D eigenvalue weighted by Gasteiger charge is -2.14. The normalized spacial score (nSPS) is 12.8. The van der Waals surface area contributed by atoms with Gasteiger partial charge in [-0.25, -0.2) is 4.98 Å². The summed E-state index contributed by atoms with van der Waals surface area (Å²) < 4.78 is 5.32. The van der Waals surface area contributed by atoms with E-state index in [4.69, 9.17) is 10.3 Å². The third kappa shape index (κ3) is 3.87. The molecule has 20 heavy (non-hydrogen) atoms. The zero-order valence-corrected chi connectivity index (χ0v) is 12.3. The molecule has 2 aromatic rings. The van der Waals surface area contributed by atoms with Crippen LogP contribution in [0.4, 0.5) is 0 Å². The van der Waals surface area contributed by atoms with Crippen molar-refractivity contribution in [1.29, 1.82) is 0 Å². The first kappa shape index (κ1) is 14.7. The first-order chi connectivity index (χ1) is 9.58. The van der Waals surface area contributed by atoms with Crippen molar-refractivity contribution in [2.24, 2.45) is 17.6 Å². The predicted molar refractivity (Wildman–Crippen MR) is 78.0 cm³/mol. The maximum Gasteiger partial charge on any atom is 0.227 e. The molecule has 0 radical (unpaired) electrons. The monoisotopic (exact) mass is 274 g/mol. The summed E-state index contributed by atoms with van der Waals surface area (Å²) in [6.07, 6.45) is 1.80. The van der Waals surface area contributed by atoms with Crippen LogP contribution in [0.5, 0.6) is 0 Å². The fraction of sp³-hybridized carbons (Fsp3) is 0.533. The third-order valence-corrected chi connectivity index (χ3v) is 3.19. The van der Waals surface area contributed by atoms with Crippen molar-refractivity contribution in [3.8, 4) is 11.5 Å². The van der Waals surface area contributed by atoms with Crippen LogP contribution in [0.15, 0.2) is 22.7 Å². The minimum Gasteiger partial charge on any atom is -0.339 e. The molecule has 108 valence electrons. The fourth-order valence-electron chi connectivity index (χ4n) is 2.29. The highest BCUT2D eigenvalue weighted by atomic mass is 16.5. The minimum atomic E-state index is 0.383. The van der Waals surface area contributed by atoms with Gasteiger partial charge in [0, 0.05) is 12.1 Å². The highest BCUT2D eigenvalue weighted by Crippen LogP contribution is 2.18. The molecule has 5 heteroatoms. The van der Waals surface area contributed by atoms with Crippen LogP contribution in [-0.4, -0.2) is 21.7 Å². The van der Waals surface area contributed by atoms with Gasteiger partial charge < -0.3 is 10.3 Å². The van der Waals surface area contributed by atoms with E-state index in [-0.39, 0.29) is 0 Å². The Morgan fingerprint density at radius 3 is 2.70 bits per heavy atom. The molecule has 0 fully saturated rings. The van der Waals surface area contributed by atoms with Crippen molar-refractivity contribution in [3.05, 3.63) is 29.8 Å². The Morgan fingerprint density at radius 1 is 1.25 bits per heavy atom. The van der Waals surface area contributed by atoms with E-state index in [1.54, 1.807) is 0 Å². The number of rotatable bonds is 6. The molecule has 2 rings (SSSR count). The maximum absolute atomic E-state index is 5.80. The van der Waals surface area contributed by atoms with Gasteiger partial charge in [-0.2, -0.15) is 4.98 Å². The predicted octanol–water partition coefficient (Wildman–Crippen LogP) is 2.60. The molecule has 2 heterocycles. The van der Waals surface area contributed by atoms with E-state index < -0.39 is 0 Å². The molecular weight excluding hydrogens is 252 g/mol. The van der Waals surface area contributed by atoms with Crippen LogP contribution >= 0.6 is 0 Å². The van der Waals surface area contributed by atoms with Gasteiger partial charge in [0.2, 0.25) is 11.7 Å². The van der Waals surface area contributed by atoms with E-state index in [2.05, 4.69) is 29.0 Å². The van der Waals surface area contributed by atoms with Gasteiger partial charge in [-0.3, -0.25) is 0 Å². The molecule has 0 unspecified atom stereocenters. The number of aryl methyl sites for hydroxylation is 1. The van der Waals surface area contributed by atoms with Crippen molar-refractivity contribution >= 4 is 0 Å². The average molecular weight is 274 g/mol. The van der Waals surface area contributed by atoms with Gasteiger partial charge in [-0.15, -0.1) is 0 Å². The molecule has 0 aromatic carbocycles. The Labute approximate surface area is 119 Å². The van der Waals surface area contributed by atoms with Crippen LogP contribution in [0.25, 0.3) is 11.5 Å². The molecule has 0 saturated heterocycles. The van der Waals surface area contributed by atoms with Crippen molar-refractivity contribution in [3.63, 3.8) is 0 Å². The van der Waals surface area contributed by atoms with Gasteiger partial charge >= 0.3 is 0 Å². The summed E-state index contributed by atoms with van der Waals surface area (Å²) in [6.45, 7) is 6.97. The lowest BCUT2D eigenvalue weighted by Crippen LogP contribution is -2.19. The second-order valence-corrected chi connectivity index (χ2v) is 5.61. The highest BCUT2D eigenvalue weighted by molar-refractivity contribution is 5.47. The quantitative estimate of drug-likeness (QED) is 0.876. The first-order valence-corrected chi connectivity index (χ1v) is 7.05. The SMILES string of the molecule is Cc1cccc(-c2noc(C[C@@H](CN)CC(C)C)n2)n1. The van der Waals surface area contributed by atoms with Gasteiger partial charge in [0.15, 0.2) is 0 Å². The Kier molecular flexibility index (Phi) is 4.84. The van der Waals surface area contributed by atoms with Crippen molar-refractivity contribution in [2.45, 2.75) is 33.6 Å². The zero-order chi connectivity index (χ0) is 14.5. The molecule has 1 atom stereocenters. The van der Waals surface area contributed by atoms with E-state index >= 15 is 0 Å². The van der Waals surface area contributed by atoms with E-state index in [0.29, 0.717) is 30.1 Å². The van der Waals surface area contributed by atoms with Gasteiger partial charge in [0.05, 0.1) is 0 Å². The Hall–Kier alpha value is -1.75. The van der Waals surface area contributed by atoms with Crippen LogP contribution < -0.4 is 5.73 Å². The standard InChI is InChI=1S/C15H22N4O/c1-10(2)7-12(9-16)8-14-18-15(19-20-14)13-6-4-5-11(3)17-13/h4-6,10,12H,7-9,16H2,1-3H3/t12-/m0/s1. The molecule has 2 aromatic heterocycles. The van der Waals surface area contributed by atoms with Crippen LogP contribution in [0.2, 0.25) is 0 Å². The Bertz CT molecular complexity index is 550. The number of nitrogens with zero attached hydrogens (tertiary/aromatic N) is 3. The third-order valence-electron chi connectivity index (χ3n) is 3.19. The van der Waals surface area contributed by atoms with Crippen molar-refractivity contribution in [1.82, 2.24) is 15.1 Å². The van der Waals surface area contributed by atoms with Crippen LogP contribution in [0.1, 0.15) is 31.9 Å². The van der Waals surface area contributed by atoms with Crippen LogP contribution in [0.3, 0.4) is 0 Å². The molecule has 0 amide bonds. The molecular formula is C15H22N4O. The van der Waals surface area contributed by atoms with Gasteiger partial charge in [0.25, 0.3) is 0 Å². The Balaban J connectivity index is 2.09. The largest absolute Gasteiger partial charge is 0.339 e. The molecule has 0 spiro atoms. The van der Waals surface area contributed by atoms with Crippen LogP contribution in [-0.2, 0) is 6.42 Å². The number of hydrogen-bond acceptors (Lipinski definition) is 5. The van der Waals surface area contributed by atoms with Crippen LogP contribution in [0, 0.1) is 18.8 Å². The topological polar surface area (TPSA) is 77.8 Å². The van der Waals surface area contributed by atoms with Gasteiger partial charge in [-0.05, 0) is 43.9 Å². The highest BCUT2D eigenvalue weighted by Gasteiger charge is 2.16. The molecule has 0 bridgehead atoms. The summed E-state index contributed by atoms with van der Waals surface area (Å²) in [5.74, 6) is 2.18. The second-order valence-electron chi connectivity index (χ2n) is 5.61. The molecule has 5 nitrogen and oxygen atoms in total. The van der Waals surface area contributed by atoms with E-state index in [9.17, 15) is 0 Å². The van der Waals surface area contributed by atoms with E-state index in [1.807, 2.05) is 25.1 Å². The van der Waals surface area contributed by atoms with E-state index in [1.165, 1.54) is 0 Å². The smallest absolute Gasteiger partial charge is 0.227 e. The van der Waals surface area contributed by atoms with Gasteiger partial charge in [0.1, 0.15) is 5.69 Å². The Morgan fingerprint density at radius 2 is 2.05 bits per heavy atom. The van der Waals surface area contributed by atoms with E-state index in [0.717, 1.165) is 24.2 Å². The maximum atomic E-state index is 5.80. The molecule has 2 N–H and O–H groups in total. The summed E-state index contributed by atoms with van der Waals surface area (Å²) >= 11 is 0. The van der Waals surface area contributed by atoms with Crippen molar-refractivity contribution in [2.75, 3.05) is 6.54 Å². The molecule has 0 saturated carbocycles.